The summed E-state index contributed by atoms with van der Waals surface area (Å²) in [5.41, 5.74) is 0.478. The van der Waals surface area contributed by atoms with Gasteiger partial charge in [0.2, 0.25) is 5.89 Å². The van der Waals surface area contributed by atoms with Crippen molar-refractivity contribution in [1.29, 1.82) is 0 Å². The van der Waals surface area contributed by atoms with Crippen LogP contribution < -0.4 is 5.32 Å². The smallest absolute Gasteiger partial charge is 0.254 e. The van der Waals surface area contributed by atoms with E-state index >= 15 is 0 Å². The van der Waals surface area contributed by atoms with E-state index in [9.17, 15) is 4.79 Å². The molecular formula is C21H28N4O4. The van der Waals surface area contributed by atoms with Crippen LogP contribution in [0.5, 0.6) is 0 Å². The molecule has 156 valence electrons. The lowest BCUT2D eigenvalue weighted by Crippen LogP contribution is -2.41. The van der Waals surface area contributed by atoms with E-state index in [1.165, 1.54) is 12.5 Å². The number of rotatable bonds is 7. The fourth-order valence-electron chi connectivity index (χ4n) is 5.37. The molecular weight excluding hydrogens is 372 g/mol. The van der Waals surface area contributed by atoms with Crippen molar-refractivity contribution in [3.63, 3.8) is 0 Å². The molecule has 3 fully saturated rings. The predicted molar refractivity (Wildman–Crippen MR) is 103 cm³/mol. The van der Waals surface area contributed by atoms with Gasteiger partial charge in [-0.2, -0.15) is 4.98 Å². The van der Waals surface area contributed by atoms with Gasteiger partial charge in [0.15, 0.2) is 5.82 Å². The molecule has 0 saturated carbocycles. The Bertz CT molecular complexity index is 864. The fraction of sp³-hybridized carbons (Fsp3) is 0.667. The summed E-state index contributed by atoms with van der Waals surface area (Å²) in [4.78, 5) is 19.2. The van der Waals surface area contributed by atoms with Crippen LogP contribution in [0.25, 0.3) is 0 Å². The minimum Gasteiger partial charge on any atom is -0.472 e. The van der Waals surface area contributed by atoms with Gasteiger partial charge in [-0.05, 0) is 24.8 Å². The second kappa shape index (κ2) is 7.25. The predicted octanol–water partition coefficient (Wildman–Crippen LogP) is 2.27. The highest BCUT2D eigenvalue weighted by Crippen LogP contribution is 2.54. The Labute approximate surface area is 170 Å². The third kappa shape index (κ3) is 3.48. The van der Waals surface area contributed by atoms with Crippen LogP contribution >= 0.6 is 0 Å². The summed E-state index contributed by atoms with van der Waals surface area (Å²) in [6, 6.07) is 1.68. The molecule has 0 aliphatic carbocycles. The first kappa shape index (κ1) is 18.8. The van der Waals surface area contributed by atoms with Crippen LogP contribution in [0.4, 0.5) is 0 Å². The van der Waals surface area contributed by atoms with Crippen LogP contribution in [0.15, 0.2) is 27.5 Å². The van der Waals surface area contributed by atoms with Crippen molar-refractivity contribution < 1.29 is 18.5 Å². The van der Waals surface area contributed by atoms with E-state index < -0.39 is 0 Å². The molecule has 2 aromatic heterocycles. The summed E-state index contributed by atoms with van der Waals surface area (Å²) < 4.78 is 16.9. The van der Waals surface area contributed by atoms with Gasteiger partial charge in [-0.3, -0.25) is 9.69 Å². The molecule has 0 radical (unpaired) electrons. The van der Waals surface area contributed by atoms with Crippen LogP contribution in [-0.4, -0.2) is 52.3 Å². The second-order valence-electron chi connectivity index (χ2n) is 9.12. The summed E-state index contributed by atoms with van der Waals surface area (Å²) in [6.45, 7) is 7.44. The van der Waals surface area contributed by atoms with Crippen LogP contribution in [0, 0.1) is 17.8 Å². The SMILES string of the molecule is CC(C)Cc1nc(CN2C[C@@H]3[C@H](CNC(=O)c4ccoc4)[C@H]4CC[C@]3(C2)O4)no1. The minimum absolute atomic E-state index is 0.0831. The van der Waals surface area contributed by atoms with E-state index in [0.717, 1.165) is 38.2 Å². The number of carbonyl (C=O) groups excluding carboxylic acids is 1. The minimum atomic E-state index is -0.0881. The lowest BCUT2D eigenvalue weighted by Gasteiger charge is -2.29. The molecule has 0 aromatic carbocycles. The lowest BCUT2D eigenvalue weighted by atomic mass is 9.73. The topological polar surface area (TPSA) is 93.6 Å². The van der Waals surface area contributed by atoms with Crippen molar-refractivity contribution in [1.82, 2.24) is 20.4 Å². The lowest BCUT2D eigenvalue weighted by molar-refractivity contribution is 0.00189. The molecule has 0 unspecified atom stereocenters. The van der Waals surface area contributed by atoms with Crippen LogP contribution in [-0.2, 0) is 17.7 Å². The Morgan fingerprint density at radius 3 is 3.14 bits per heavy atom. The van der Waals surface area contributed by atoms with Gasteiger partial charge in [0.05, 0.1) is 30.1 Å². The maximum Gasteiger partial charge on any atom is 0.254 e. The fourth-order valence-corrected chi connectivity index (χ4v) is 5.37. The van der Waals surface area contributed by atoms with E-state index in [4.69, 9.17) is 13.7 Å². The molecule has 1 spiro atoms. The van der Waals surface area contributed by atoms with E-state index in [0.29, 0.717) is 42.3 Å². The number of aromatic nitrogens is 2. The van der Waals surface area contributed by atoms with Crippen LogP contribution in [0.3, 0.4) is 0 Å². The maximum absolute atomic E-state index is 12.3. The quantitative estimate of drug-likeness (QED) is 0.762. The van der Waals surface area contributed by atoms with Crippen LogP contribution in [0.1, 0.15) is 48.8 Å². The molecule has 1 amide bonds. The van der Waals surface area contributed by atoms with Gasteiger partial charge in [0.25, 0.3) is 5.91 Å². The number of hydrogen-bond donors (Lipinski definition) is 1. The number of nitrogens with one attached hydrogen (secondary N) is 1. The number of amides is 1. The molecule has 8 heteroatoms. The summed E-state index contributed by atoms with van der Waals surface area (Å²) in [5, 5.41) is 7.23. The Kier molecular flexibility index (Phi) is 4.70. The summed E-state index contributed by atoms with van der Waals surface area (Å²) in [6.07, 6.45) is 6.21. The molecule has 5 rings (SSSR count). The normalized spacial score (nSPS) is 30.9. The van der Waals surface area contributed by atoms with Crippen molar-refractivity contribution in [3.05, 3.63) is 35.9 Å². The first-order chi connectivity index (χ1) is 14.0. The van der Waals surface area contributed by atoms with E-state index in [1.54, 1.807) is 6.07 Å². The molecule has 4 atom stereocenters. The van der Waals surface area contributed by atoms with Crippen molar-refractivity contribution in [2.45, 2.75) is 51.4 Å². The summed E-state index contributed by atoms with van der Waals surface area (Å²) in [5.74, 6) is 2.63. The van der Waals surface area contributed by atoms with Crippen molar-refractivity contribution in [2.24, 2.45) is 17.8 Å². The largest absolute Gasteiger partial charge is 0.472 e. The zero-order chi connectivity index (χ0) is 20.0. The highest BCUT2D eigenvalue weighted by atomic mass is 16.5. The number of furan rings is 1. The van der Waals surface area contributed by atoms with Gasteiger partial charge in [0, 0.05) is 37.9 Å². The maximum atomic E-state index is 12.3. The average Bonchev–Trinajstić information content (AvgIpc) is 3.46. The highest BCUT2D eigenvalue weighted by Gasteiger charge is 2.62. The van der Waals surface area contributed by atoms with Gasteiger partial charge in [0.1, 0.15) is 6.26 Å². The molecule has 1 N–H and O–H groups in total. The zero-order valence-corrected chi connectivity index (χ0v) is 17.0. The Hall–Kier alpha value is -2.19. The van der Waals surface area contributed by atoms with E-state index in [-0.39, 0.29) is 17.6 Å². The number of nitrogens with zero attached hydrogens (tertiary/aromatic N) is 3. The number of hydrogen-bond acceptors (Lipinski definition) is 7. The number of carbonyl (C=O) groups is 1. The average molecular weight is 400 g/mol. The Balaban J connectivity index is 1.21. The third-order valence-electron chi connectivity index (χ3n) is 6.59. The van der Waals surface area contributed by atoms with Crippen molar-refractivity contribution in [2.75, 3.05) is 19.6 Å². The van der Waals surface area contributed by atoms with Crippen molar-refractivity contribution >= 4 is 5.91 Å². The number of fused-ring (bicyclic) bond motifs is 1. The second-order valence-corrected chi connectivity index (χ2v) is 9.12. The van der Waals surface area contributed by atoms with E-state index in [2.05, 4.69) is 34.2 Å². The van der Waals surface area contributed by atoms with Gasteiger partial charge >= 0.3 is 0 Å². The number of ether oxygens (including phenoxy) is 1. The molecule has 2 bridgehead atoms. The summed E-state index contributed by atoms with van der Waals surface area (Å²) in [7, 11) is 0. The highest BCUT2D eigenvalue weighted by molar-refractivity contribution is 5.93. The molecule has 3 saturated heterocycles. The third-order valence-corrected chi connectivity index (χ3v) is 6.59. The molecule has 8 nitrogen and oxygen atoms in total. The Morgan fingerprint density at radius 1 is 1.45 bits per heavy atom. The first-order valence-corrected chi connectivity index (χ1v) is 10.5. The van der Waals surface area contributed by atoms with Crippen LogP contribution in [0.2, 0.25) is 0 Å². The van der Waals surface area contributed by atoms with Gasteiger partial charge in [-0.1, -0.05) is 19.0 Å². The van der Waals surface area contributed by atoms with Gasteiger partial charge in [-0.15, -0.1) is 0 Å². The molecule has 2 aromatic rings. The number of likely N-dealkylation sites (tertiary alicyclic amines) is 1. The van der Waals surface area contributed by atoms with Gasteiger partial charge in [-0.25, -0.2) is 0 Å². The standard InChI is InChI=1S/C21H28N4O4/c1-13(2)7-19-23-18(24-29-19)10-25-9-16-15(17-3-5-21(16,12-25)28-17)8-22-20(26)14-4-6-27-11-14/h4,6,11,13,15-17H,3,5,7-10,12H2,1-2H3,(H,22,26)/t15-,16+,17+,21+/m0/s1. The molecule has 29 heavy (non-hydrogen) atoms. The monoisotopic (exact) mass is 400 g/mol. The molecule has 3 aliphatic heterocycles. The first-order valence-electron chi connectivity index (χ1n) is 10.5. The zero-order valence-electron chi connectivity index (χ0n) is 17.0. The molecule has 5 heterocycles. The van der Waals surface area contributed by atoms with Crippen molar-refractivity contribution in [3.8, 4) is 0 Å². The van der Waals surface area contributed by atoms with Gasteiger partial charge < -0.3 is 19.0 Å². The Morgan fingerprint density at radius 2 is 2.34 bits per heavy atom. The van der Waals surface area contributed by atoms with E-state index in [1.807, 2.05) is 0 Å². The summed E-state index contributed by atoms with van der Waals surface area (Å²) >= 11 is 0. The molecule has 3 aliphatic rings.